The lowest BCUT2D eigenvalue weighted by molar-refractivity contribution is 0.265. The van der Waals surface area contributed by atoms with Crippen LogP contribution in [-0.2, 0) is 6.54 Å². The topological polar surface area (TPSA) is 12.0 Å². The molecule has 0 amide bonds. The van der Waals surface area contributed by atoms with Crippen LogP contribution in [-0.4, -0.2) is 6.04 Å². The molecular weight excluding hydrogens is 262 g/mol. The van der Waals surface area contributed by atoms with E-state index in [4.69, 9.17) is 0 Å². The molecule has 16 heavy (non-hydrogen) atoms. The minimum atomic E-state index is 0.647. The smallest absolute Gasteiger partial charge is 0.0207 e. The van der Waals surface area contributed by atoms with Crippen LogP contribution >= 0.6 is 15.9 Å². The van der Waals surface area contributed by atoms with Crippen molar-refractivity contribution in [2.45, 2.75) is 45.2 Å². The van der Waals surface area contributed by atoms with E-state index in [1.165, 1.54) is 31.2 Å². The summed E-state index contributed by atoms with van der Waals surface area (Å²) in [5.74, 6) is 0.993. The van der Waals surface area contributed by atoms with Crippen LogP contribution in [0.5, 0.6) is 0 Å². The predicted molar refractivity (Wildman–Crippen MR) is 72.4 cm³/mol. The molecule has 0 bridgehead atoms. The van der Waals surface area contributed by atoms with E-state index in [1.807, 2.05) is 0 Å². The molecule has 0 aromatic heterocycles. The van der Waals surface area contributed by atoms with Gasteiger partial charge in [0.15, 0.2) is 0 Å². The Kier molecular flexibility index (Phi) is 4.42. The van der Waals surface area contributed by atoms with Gasteiger partial charge in [-0.05, 0) is 37.0 Å². The summed E-state index contributed by atoms with van der Waals surface area (Å²) in [5.41, 5.74) is 1.36. The number of benzene rings is 1. The van der Waals surface area contributed by atoms with Crippen molar-refractivity contribution in [1.82, 2.24) is 5.32 Å². The van der Waals surface area contributed by atoms with Gasteiger partial charge < -0.3 is 5.32 Å². The van der Waals surface area contributed by atoms with E-state index in [9.17, 15) is 0 Å². The predicted octanol–water partition coefficient (Wildman–Crippen LogP) is 4.12. The lowest BCUT2D eigenvalue weighted by Gasteiger charge is -2.28. The van der Waals surface area contributed by atoms with Gasteiger partial charge in [0.1, 0.15) is 0 Å². The fourth-order valence-electron chi connectivity index (χ4n) is 2.21. The van der Waals surface area contributed by atoms with Crippen molar-refractivity contribution in [2.24, 2.45) is 5.92 Å². The van der Waals surface area contributed by atoms with Crippen LogP contribution in [0.15, 0.2) is 28.7 Å². The van der Waals surface area contributed by atoms with Crippen molar-refractivity contribution in [3.05, 3.63) is 34.3 Å². The highest BCUT2D eigenvalue weighted by molar-refractivity contribution is 9.10. The molecule has 1 atom stereocenters. The van der Waals surface area contributed by atoms with Gasteiger partial charge >= 0.3 is 0 Å². The summed E-state index contributed by atoms with van der Waals surface area (Å²) < 4.78 is 1.15. The molecule has 0 radical (unpaired) electrons. The molecule has 1 nitrogen and oxygen atoms in total. The maximum Gasteiger partial charge on any atom is 0.0207 e. The minimum Gasteiger partial charge on any atom is -0.310 e. The SMILES string of the molecule is CC(CC1CCC1)NCc1ccc(Br)cc1. The molecule has 0 saturated heterocycles. The lowest BCUT2D eigenvalue weighted by Crippen LogP contribution is -2.29. The first-order valence-corrected chi connectivity index (χ1v) is 7.01. The second-order valence-corrected chi connectivity index (χ2v) is 5.86. The van der Waals surface area contributed by atoms with Crippen molar-refractivity contribution in [1.29, 1.82) is 0 Å². The monoisotopic (exact) mass is 281 g/mol. The van der Waals surface area contributed by atoms with E-state index in [2.05, 4.69) is 52.4 Å². The molecule has 0 aliphatic heterocycles. The van der Waals surface area contributed by atoms with Gasteiger partial charge in [0.2, 0.25) is 0 Å². The number of hydrogen-bond donors (Lipinski definition) is 1. The highest BCUT2D eigenvalue weighted by Crippen LogP contribution is 2.30. The maximum absolute atomic E-state index is 3.60. The molecule has 1 fully saturated rings. The highest BCUT2D eigenvalue weighted by atomic mass is 79.9. The first-order chi connectivity index (χ1) is 7.74. The minimum absolute atomic E-state index is 0.647. The van der Waals surface area contributed by atoms with Gasteiger partial charge in [-0.25, -0.2) is 0 Å². The summed E-state index contributed by atoms with van der Waals surface area (Å²) in [7, 11) is 0. The van der Waals surface area contributed by atoms with Crippen LogP contribution in [0.3, 0.4) is 0 Å². The number of hydrogen-bond acceptors (Lipinski definition) is 1. The molecular formula is C14H20BrN. The van der Waals surface area contributed by atoms with E-state index in [0.29, 0.717) is 6.04 Å². The standard InChI is InChI=1S/C14H20BrN/c1-11(9-12-3-2-4-12)16-10-13-5-7-14(15)8-6-13/h5-8,11-12,16H,2-4,9-10H2,1H3. The molecule has 1 aromatic carbocycles. The Morgan fingerprint density at radius 1 is 1.31 bits per heavy atom. The Hall–Kier alpha value is -0.340. The van der Waals surface area contributed by atoms with Crippen molar-refractivity contribution in [3.8, 4) is 0 Å². The highest BCUT2D eigenvalue weighted by Gasteiger charge is 2.19. The second kappa shape index (κ2) is 5.83. The third-order valence-electron chi connectivity index (χ3n) is 3.48. The van der Waals surface area contributed by atoms with Gasteiger partial charge in [0.05, 0.1) is 0 Å². The molecule has 1 saturated carbocycles. The molecule has 1 aliphatic carbocycles. The van der Waals surface area contributed by atoms with Gasteiger partial charge in [0, 0.05) is 17.1 Å². The zero-order valence-electron chi connectivity index (χ0n) is 9.88. The number of nitrogens with one attached hydrogen (secondary N) is 1. The van der Waals surface area contributed by atoms with E-state index < -0.39 is 0 Å². The Morgan fingerprint density at radius 3 is 2.56 bits per heavy atom. The van der Waals surface area contributed by atoms with E-state index in [-0.39, 0.29) is 0 Å². The summed E-state index contributed by atoms with van der Waals surface area (Å²) in [6.45, 7) is 3.29. The van der Waals surface area contributed by atoms with Crippen molar-refractivity contribution >= 4 is 15.9 Å². The molecule has 1 aliphatic rings. The molecule has 1 N–H and O–H groups in total. The summed E-state index contributed by atoms with van der Waals surface area (Å²) >= 11 is 3.45. The molecule has 1 aromatic rings. The first kappa shape index (κ1) is 12.1. The molecule has 0 spiro atoms. The van der Waals surface area contributed by atoms with E-state index in [1.54, 1.807) is 0 Å². The van der Waals surface area contributed by atoms with Gasteiger partial charge in [-0.15, -0.1) is 0 Å². The Balaban J connectivity index is 1.71. The van der Waals surface area contributed by atoms with Gasteiger partial charge in [0.25, 0.3) is 0 Å². The molecule has 88 valence electrons. The Labute approximate surface area is 107 Å². The Morgan fingerprint density at radius 2 is 2.00 bits per heavy atom. The lowest BCUT2D eigenvalue weighted by atomic mass is 9.81. The summed E-state index contributed by atoms with van der Waals surface area (Å²) in [4.78, 5) is 0. The van der Waals surface area contributed by atoms with Crippen molar-refractivity contribution in [2.75, 3.05) is 0 Å². The van der Waals surface area contributed by atoms with Crippen LogP contribution in [0.2, 0.25) is 0 Å². The van der Waals surface area contributed by atoms with Crippen LogP contribution in [0.4, 0.5) is 0 Å². The normalized spacial score (nSPS) is 18.1. The molecule has 0 heterocycles. The van der Waals surface area contributed by atoms with Crippen LogP contribution in [0.25, 0.3) is 0 Å². The van der Waals surface area contributed by atoms with Gasteiger partial charge in [-0.1, -0.05) is 47.3 Å². The molecule has 1 unspecified atom stereocenters. The third-order valence-corrected chi connectivity index (χ3v) is 4.01. The average Bonchev–Trinajstić information content (AvgIpc) is 2.23. The number of halogens is 1. The largest absolute Gasteiger partial charge is 0.310 e. The maximum atomic E-state index is 3.60. The fourth-order valence-corrected chi connectivity index (χ4v) is 2.47. The van der Waals surface area contributed by atoms with E-state index >= 15 is 0 Å². The average molecular weight is 282 g/mol. The quantitative estimate of drug-likeness (QED) is 0.856. The molecule has 2 heteroatoms. The van der Waals surface area contributed by atoms with Crippen LogP contribution in [0, 0.1) is 5.92 Å². The summed E-state index contributed by atoms with van der Waals surface area (Å²) in [6, 6.07) is 9.20. The van der Waals surface area contributed by atoms with Crippen molar-refractivity contribution < 1.29 is 0 Å². The summed E-state index contributed by atoms with van der Waals surface area (Å²) in [5, 5.41) is 3.60. The zero-order chi connectivity index (χ0) is 11.4. The second-order valence-electron chi connectivity index (χ2n) is 4.94. The molecule has 2 rings (SSSR count). The zero-order valence-corrected chi connectivity index (χ0v) is 11.5. The van der Waals surface area contributed by atoms with Crippen LogP contribution in [0.1, 0.15) is 38.2 Å². The first-order valence-electron chi connectivity index (χ1n) is 6.22. The Bertz CT molecular complexity index is 316. The van der Waals surface area contributed by atoms with Crippen LogP contribution < -0.4 is 5.32 Å². The fraction of sp³-hybridized carbons (Fsp3) is 0.571. The number of rotatable bonds is 5. The van der Waals surface area contributed by atoms with Gasteiger partial charge in [-0.2, -0.15) is 0 Å². The third kappa shape index (κ3) is 3.60. The van der Waals surface area contributed by atoms with Crippen molar-refractivity contribution in [3.63, 3.8) is 0 Å². The van der Waals surface area contributed by atoms with E-state index in [0.717, 1.165) is 16.9 Å². The summed E-state index contributed by atoms with van der Waals surface area (Å²) in [6.07, 6.45) is 5.69. The van der Waals surface area contributed by atoms with Gasteiger partial charge in [-0.3, -0.25) is 0 Å².